The lowest BCUT2D eigenvalue weighted by molar-refractivity contribution is -0.205. The molecule has 0 spiro atoms. The summed E-state index contributed by atoms with van der Waals surface area (Å²) >= 11 is 0. The molecule has 0 aliphatic rings. The van der Waals surface area contributed by atoms with Gasteiger partial charge < -0.3 is 15.3 Å². The molecule has 0 fully saturated rings. The molecule has 0 heterocycles. The van der Waals surface area contributed by atoms with Gasteiger partial charge in [0.15, 0.2) is 17.4 Å². The first-order valence-electron chi connectivity index (χ1n) is 8.19. The zero-order chi connectivity index (χ0) is 22.5. The molecule has 3 nitrogen and oxygen atoms in total. The molecule has 0 aliphatic carbocycles. The van der Waals surface area contributed by atoms with E-state index in [2.05, 4.69) is 0 Å². The number of hydrogen-bond acceptors (Lipinski definition) is 3. The van der Waals surface area contributed by atoms with Gasteiger partial charge in [0.1, 0.15) is 18.3 Å². The minimum atomic E-state index is -4.43. The van der Waals surface area contributed by atoms with Crippen molar-refractivity contribution in [1.82, 2.24) is 0 Å². The Labute approximate surface area is 169 Å². The van der Waals surface area contributed by atoms with Crippen LogP contribution in [0.5, 0.6) is 0 Å². The van der Waals surface area contributed by atoms with Crippen LogP contribution in [0.15, 0.2) is 0 Å². The van der Waals surface area contributed by atoms with Crippen LogP contribution < -0.4 is 0 Å². The topological polar surface area (TPSA) is 60.7 Å². The van der Waals surface area contributed by atoms with Crippen LogP contribution in [0.3, 0.4) is 0 Å². The summed E-state index contributed by atoms with van der Waals surface area (Å²) in [5.41, 5.74) is 0. The molecular formula is C15H30AlF9O3. The quantitative estimate of drug-likeness (QED) is 0.419. The van der Waals surface area contributed by atoms with E-state index in [0.29, 0.717) is 19.3 Å². The highest BCUT2D eigenvalue weighted by Crippen LogP contribution is 2.24. The van der Waals surface area contributed by atoms with Crippen molar-refractivity contribution in [3.8, 4) is 0 Å². The average molecular weight is 456 g/mol. The van der Waals surface area contributed by atoms with Crippen LogP contribution >= 0.6 is 0 Å². The molecular weight excluding hydrogens is 426 g/mol. The monoisotopic (exact) mass is 456 g/mol. The fourth-order valence-electron chi connectivity index (χ4n) is 1.31. The number of rotatable bonds is 6. The Morgan fingerprint density at radius 2 is 0.643 bits per heavy atom. The minimum Gasteiger partial charge on any atom is -0.384 e. The van der Waals surface area contributed by atoms with Gasteiger partial charge in [0.2, 0.25) is 0 Å². The van der Waals surface area contributed by atoms with Gasteiger partial charge in [-0.15, -0.1) is 0 Å². The van der Waals surface area contributed by atoms with Crippen LogP contribution in [0.25, 0.3) is 0 Å². The van der Waals surface area contributed by atoms with Gasteiger partial charge in [-0.05, 0) is 19.3 Å². The van der Waals surface area contributed by atoms with Crippen LogP contribution in [0, 0.1) is 0 Å². The van der Waals surface area contributed by atoms with E-state index in [9.17, 15) is 39.5 Å². The SMILES string of the molecule is CCCC(O)C(F)(F)F.CCCC(O)C(F)(F)F.CCCC(O)C(F)(F)F.[AlH3]. The Balaban J connectivity index is -0.000000152. The third-order valence-corrected chi connectivity index (χ3v) is 2.82. The van der Waals surface area contributed by atoms with E-state index in [1.54, 1.807) is 20.8 Å². The van der Waals surface area contributed by atoms with E-state index in [1.807, 2.05) is 0 Å². The molecule has 0 saturated carbocycles. The van der Waals surface area contributed by atoms with Crippen molar-refractivity contribution in [3.63, 3.8) is 0 Å². The van der Waals surface area contributed by atoms with Gasteiger partial charge in [0, 0.05) is 0 Å². The Kier molecular flexibility index (Phi) is 20.8. The normalized spacial score (nSPS) is 15.1. The molecule has 0 radical (unpaired) electrons. The van der Waals surface area contributed by atoms with Gasteiger partial charge in [-0.25, -0.2) is 0 Å². The van der Waals surface area contributed by atoms with Crippen molar-refractivity contribution in [3.05, 3.63) is 0 Å². The zero-order valence-corrected chi connectivity index (χ0v) is 15.2. The number of halogens is 9. The zero-order valence-electron chi connectivity index (χ0n) is 15.2. The van der Waals surface area contributed by atoms with Crippen molar-refractivity contribution in [2.75, 3.05) is 0 Å². The molecule has 3 atom stereocenters. The second-order valence-corrected chi connectivity index (χ2v) is 5.54. The van der Waals surface area contributed by atoms with E-state index in [1.165, 1.54) is 0 Å². The van der Waals surface area contributed by atoms with E-state index in [-0.39, 0.29) is 36.6 Å². The average Bonchev–Trinajstić information content (AvgIpc) is 2.46. The summed E-state index contributed by atoms with van der Waals surface area (Å²) in [4.78, 5) is 0. The first-order valence-corrected chi connectivity index (χ1v) is 8.19. The lowest BCUT2D eigenvalue weighted by atomic mass is 10.2. The first-order chi connectivity index (χ1) is 11.9. The molecule has 0 saturated heterocycles. The molecule has 0 aromatic heterocycles. The highest BCUT2D eigenvalue weighted by molar-refractivity contribution is 5.75. The third kappa shape index (κ3) is 22.1. The van der Waals surface area contributed by atoms with Gasteiger partial charge in [0.05, 0.1) is 0 Å². The van der Waals surface area contributed by atoms with E-state index < -0.39 is 36.8 Å². The summed E-state index contributed by atoms with van der Waals surface area (Å²) in [6, 6.07) is 0. The molecule has 174 valence electrons. The van der Waals surface area contributed by atoms with Gasteiger partial charge >= 0.3 is 18.5 Å². The Bertz CT molecular complexity index is 295. The predicted octanol–water partition coefficient (Wildman–Crippen LogP) is 3.95. The minimum absolute atomic E-state index is 0. The highest BCUT2D eigenvalue weighted by Gasteiger charge is 2.38. The summed E-state index contributed by atoms with van der Waals surface area (Å²) in [5, 5.41) is 24.8. The molecule has 3 unspecified atom stereocenters. The maximum absolute atomic E-state index is 11.4. The van der Waals surface area contributed by atoms with Gasteiger partial charge in [-0.1, -0.05) is 40.0 Å². The molecule has 0 bridgehead atoms. The predicted molar refractivity (Wildman–Crippen MR) is 90.8 cm³/mol. The molecule has 13 heteroatoms. The van der Waals surface area contributed by atoms with Crippen LogP contribution in [0.1, 0.15) is 59.3 Å². The van der Waals surface area contributed by atoms with Gasteiger partial charge in [-0.3, -0.25) is 0 Å². The molecule has 3 N–H and O–H groups in total. The lowest BCUT2D eigenvalue weighted by Crippen LogP contribution is -2.27. The van der Waals surface area contributed by atoms with E-state index in [0.717, 1.165) is 0 Å². The molecule has 0 aromatic rings. The second-order valence-electron chi connectivity index (χ2n) is 5.54. The summed E-state index contributed by atoms with van der Waals surface area (Å²) in [7, 11) is 0. The third-order valence-electron chi connectivity index (χ3n) is 2.82. The molecule has 28 heavy (non-hydrogen) atoms. The summed E-state index contributed by atoms with van der Waals surface area (Å²) in [6.45, 7) is 4.78. The number of alkyl halides is 9. The summed E-state index contributed by atoms with van der Waals surface area (Å²) in [5.74, 6) is 0. The van der Waals surface area contributed by atoms with E-state index >= 15 is 0 Å². The van der Waals surface area contributed by atoms with E-state index in [4.69, 9.17) is 15.3 Å². The van der Waals surface area contributed by atoms with Gasteiger partial charge in [0.25, 0.3) is 0 Å². The summed E-state index contributed by atoms with van der Waals surface area (Å²) < 4.78 is 102. The standard InChI is InChI=1S/3C5H9F3O.Al.3H/c3*1-2-3-4(9)5(6,7)8;;;;/h3*4,9H,2-3H2,1H3;;;;. The first kappa shape index (κ1) is 35.2. The Morgan fingerprint density at radius 1 is 0.500 bits per heavy atom. The largest absolute Gasteiger partial charge is 0.414 e. The van der Waals surface area contributed by atoms with Crippen LogP contribution in [0.4, 0.5) is 39.5 Å². The Hall–Kier alpha value is -0.218. The van der Waals surface area contributed by atoms with Crippen LogP contribution in [-0.4, -0.2) is 69.5 Å². The van der Waals surface area contributed by atoms with Crippen molar-refractivity contribution in [2.45, 2.75) is 96.1 Å². The molecule has 0 rings (SSSR count). The van der Waals surface area contributed by atoms with Crippen molar-refractivity contribution >= 4 is 17.4 Å². The smallest absolute Gasteiger partial charge is 0.384 e. The lowest BCUT2D eigenvalue weighted by Gasteiger charge is -2.12. The Morgan fingerprint density at radius 3 is 0.679 bits per heavy atom. The van der Waals surface area contributed by atoms with Crippen molar-refractivity contribution < 1.29 is 54.8 Å². The second kappa shape index (κ2) is 16.6. The number of aliphatic hydroxyl groups excluding tert-OH is 3. The van der Waals surface area contributed by atoms with Gasteiger partial charge in [-0.2, -0.15) is 39.5 Å². The van der Waals surface area contributed by atoms with Crippen LogP contribution in [-0.2, 0) is 0 Å². The summed E-state index contributed by atoms with van der Waals surface area (Å²) in [6.07, 6.45) is -19.3. The fourth-order valence-corrected chi connectivity index (χ4v) is 1.31. The maximum atomic E-state index is 11.4. The molecule has 0 aromatic carbocycles. The van der Waals surface area contributed by atoms with Crippen molar-refractivity contribution in [2.24, 2.45) is 0 Å². The maximum Gasteiger partial charge on any atom is 0.414 e. The fraction of sp³-hybridized carbons (Fsp3) is 1.00. The van der Waals surface area contributed by atoms with Crippen LogP contribution in [0.2, 0.25) is 0 Å². The molecule has 0 aliphatic heterocycles. The number of hydrogen-bond donors (Lipinski definition) is 3. The highest BCUT2D eigenvalue weighted by atomic mass is 27.0. The number of aliphatic hydroxyl groups is 3. The molecule has 0 amide bonds. The van der Waals surface area contributed by atoms with Crippen molar-refractivity contribution in [1.29, 1.82) is 0 Å².